The second kappa shape index (κ2) is 5.82. The number of H-pyrrole nitrogens is 1. The Morgan fingerprint density at radius 2 is 2.24 bits per heavy atom. The number of piperidine rings is 1. The third kappa shape index (κ3) is 2.96. The van der Waals surface area contributed by atoms with E-state index in [0.717, 1.165) is 18.5 Å². The lowest BCUT2D eigenvalue weighted by Gasteiger charge is -2.32. The Kier molecular flexibility index (Phi) is 3.72. The van der Waals surface area contributed by atoms with E-state index < -0.39 is 0 Å². The lowest BCUT2D eigenvalue weighted by Crippen LogP contribution is -2.40. The number of hydrogen-bond donors (Lipinski definition) is 1. The lowest BCUT2D eigenvalue weighted by molar-refractivity contribution is 0.0698. The summed E-state index contributed by atoms with van der Waals surface area (Å²) in [6.45, 7) is 1.29. The van der Waals surface area contributed by atoms with Gasteiger partial charge in [0.2, 0.25) is 0 Å². The zero-order valence-electron chi connectivity index (χ0n) is 11.4. The van der Waals surface area contributed by atoms with Crippen molar-refractivity contribution in [2.75, 3.05) is 13.1 Å². The van der Waals surface area contributed by atoms with Crippen LogP contribution in [0.1, 0.15) is 34.9 Å². The molecule has 0 spiro atoms. The summed E-state index contributed by atoms with van der Waals surface area (Å²) in [5, 5.41) is 6.08. The third-order valence-electron chi connectivity index (χ3n) is 3.61. The predicted molar refractivity (Wildman–Crippen MR) is 74.8 cm³/mol. The minimum absolute atomic E-state index is 0.167. The molecule has 1 saturated heterocycles. The normalized spacial score (nSPS) is 18.5. The summed E-state index contributed by atoms with van der Waals surface area (Å²) in [5.74, 6) is 0.0269. The van der Waals surface area contributed by atoms with Crippen LogP contribution in [0.4, 0.5) is 0 Å². The maximum atomic E-state index is 12.4. The smallest absolute Gasteiger partial charge is 0.274 e. The highest BCUT2D eigenvalue weighted by Gasteiger charge is 2.27. The van der Waals surface area contributed by atoms with Crippen molar-refractivity contribution in [3.8, 4) is 0 Å². The van der Waals surface area contributed by atoms with Crippen molar-refractivity contribution in [2.24, 2.45) is 0 Å². The van der Waals surface area contributed by atoms with E-state index in [-0.39, 0.29) is 23.1 Å². The minimum atomic E-state index is -0.317. The van der Waals surface area contributed by atoms with Crippen LogP contribution >= 0.6 is 0 Å². The van der Waals surface area contributed by atoms with Crippen LogP contribution in [0, 0.1) is 0 Å². The van der Waals surface area contributed by atoms with Gasteiger partial charge in [0.05, 0.1) is 5.69 Å². The molecule has 1 unspecified atom stereocenters. The number of hydrogen-bond acceptors (Lipinski definition) is 5. The number of nitrogens with zero attached hydrogens (tertiary/aromatic N) is 4. The van der Waals surface area contributed by atoms with Crippen molar-refractivity contribution in [3.05, 3.63) is 52.5 Å². The molecule has 0 bridgehead atoms. The van der Waals surface area contributed by atoms with E-state index in [4.69, 9.17) is 0 Å². The van der Waals surface area contributed by atoms with Gasteiger partial charge < -0.3 is 4.90 Å². The molecule has 7 nitrogen and oxygen atoms in total. The molecule has 1 aliphatic heterocycles. The SMILES string of the molecule is O=C(c1ccc(=O)[nH]n1)N1CCCC(c2cnccn2)C1. The van der Waals surface area contributed by atoms with Gasteiger partial charge in [0, 0.05) is 43.7 Å². The molecular weight excluding hydrogens is 270 g/mol. The summed E-state index contributed by atoms with van der Waals surface area (Å²) in [4.78, 5) is 33.5. The monoisotopic (exact) mass is 285 g/mol. The van der Waals surface area contributed by atoms with E-state index in [1.807, 2.05) is 0 Å². The van der Waals surface area contributed by atoms with Gasteiger partial charge in [0.15, 0.2) is 0 Å². The average Bonchev–Trinajstić information content (AvgIpc) is 2.56. The molecule has 3 rings (SSSR count). The first kappa shape index (κ1) is 13.4. The van der Waals surface area contributed by atoms with Crippen LogP contribution in [0.25, 0.3) is 0 Å². The summed E-state index contributed by atoms with van der Waals surface area (Å²) in [7, 11) is 0. The number of likely N-dealkylation sites (tertiary alicyclic amines) is 1. The van der Waals surface area contributed by atoms with E-state index >= 15 is 0 Å². The highest BCUT2D eigenvalue weighted by molar-refractivity contribution is 5.92. The van der Waals surface area contributed by atoms with Crippen molar-refractivity contribution >= 4 is 5.91 Å². The second-order valence-corrected chi connectivity index (χ2v) is 5.03. The fraction of sp³-hybridized carbons (Fsp3) is 0.357. The van der Waals surface area contributed by atoms with Gasteiger partial charge >= 0.3 is 0 Å². The number of aromatic amines is 1. The first-order valence-electron chi connectivity index (χ1n) is 6.85. The molecule has 1 N–H and O–H groups in total. The van der Waals surface area contributed by atoms with E-state index in [1.165, 1.54) is 12.1 Å². The zero-order chi connectivity index (χ0) is 14.7. The van der Waals surface area contributed by atoms with Gasteiger partial charge in [-0.05, 0) is 18.9 Å². The van der Waals surface area contributed by atoms with E-state index in [0.29, 0.717) is 13.1 Å². The molecule has 7 heteroatoms. The molecule has 1 amide bonds. The van der Waals surface area contributed by atoms with Crippen molar-refractivity contribution in [2.45, 2.75) is 18.8 Å². The second-order valence-electron chi connectivity index (χ2n) is 5.03. The third-order valence-corrected chi connectivity index (χ3v) is 3.61. The van der Waals surface area contributed by atoms with E-state index in [9.17, 15) is 9.59 Å². The summed E-state index contributed by atoms with van der Waals surface area (Å²) in [6.07, 6.45) is 6.95. The Bertz CT molecular complexity index is 665. The van der Waals surface area contributed by atoms with Crippen LogP contribution in [-0.2, 0) is 0 Å². The molecule has 2 aromatic rings. The molecule has 108 valence electrons. The first-order chi connectivity index (χ1) is 10.2. The molecule has 1 fully saturated rings. The predicted octanol–water partition coefficient (Wildman–Crippen LogP) is 0.580. The van der Waals surface area contributed by atoms with E-state index in [1.54, 1.807) is 23.5 Å². The molecule has 1 aliphatic rings. The largest absolute Gasteiger partial charge is 0.337 e. The summed E-state index contributed by atoms with van der Waals surface area (Å²) < 4.78 is 0. The Hall–Kier alpha value is -2.57. The molecule has 0 saturated carbocycles. The number of carbonyl (C=O) groups excluding carboxylic acids is 1. The van der Waals surface area contributed by atoms with Crippen LogP contribution < -0.4 is 5.56 Å². The van der Waals surface area contributed by atoms with Crippen LogP contribution in [-0.4, -0.2) is 44.1 Å². The van der Waals surface area contributed by atoms with Crippen LogP contribution in [0.3, 0.4) is 0 Å². The van der Waals surface area contributed by atoms with Gasteiger partial charge in [-0.2, -0.15) is 5.10 Å². The van der Waals surface area contributed by atoms with Crippen LogP contribution in [0.5, 0.6) is 0 Å². The molecule has 21 heavy (non-hydrogen) atoms. The van der Waals surface area contributed by atoms with Crippen molar-refractivity contribution in [1.29, 1.82) is 0 Å². The molecule has 0 aliphatic carbocycles. The van der Waals surface area contributed by atoms with Gasteiger partial charge in [0.25, 0.3) is 11.5 Å². The average molecular weight is 285 g/mol. The summed E-state index contributed by atoms with van der Waals surface area (Å²) in [5.41, 5.74) is 0.849. The van der Waals surface area contributed by atoms with Crippen LogP contribution in [0.15, 0.2) is 35.5 Å². The van der Waals surface area contributed by atoms with Crippen molar-refractivity contribution < 1.29 is 4.79 Å². The maximum absolute atomic E-state index is 12.4. The number of aromatic nitrogens is 4. The molecule has 1 atom stereocenters. The number of carbonyl (C=O) groups is 1. The fourth-order valence-corrected chi connectivity index (χ4v) is 2.55. The van der Waals surface area contributed by atoms with E-state index in [2.05, 4.69) is 20.2 Å². The summed E-state index contributed by atoms with van der Waals surface area (Å²) in [6, 6.07) is 2.76. The zero-order valence-corrected chi connectivity index (χ0v) is 11.4. The Morgan fingerprint density at radius 3 is 2.95 bits per heavy atom. The number of rotatable bonds is 2. The molecule has 0 aromatic carbocycles. The highest BCUT2D eigenvalue weighted by Crippen LogP contribution is 2.25. The molecule has 2 aromatic heterocycles. The lowest BCUT2D eigenvalue weighted by atomic mass is 9.95. The Labute approximate surface area is 121 Å². The highest BCUT2D eigenvalue weighted by atomic mass is 16.2. The van der Waals surface area contributed by atoms with Crippen molar-refractivity contribution in [1.82, 2.24) is 25.1 Å². The van der Waals surface area contributed by atoms with Crippen LogP contribution in [0.2, 0.25) is 0 Å². The number of nitrogens with one attached hydrogen (secondary N) is 1. The molecule has 0 radical (unpaired) electrons. The van der Waals surface area contributed by atoms with Gasteiger partial charge in [-0.25, -0.2) is 5.10 Å². The Balaban J connectivity index is 1.75. The van der Waals surface area contributed by atoms with Gasteiger partial charge in [0.1, 0.15) is 5.69 Å². The number of amides is 1. The standard InChI is InChI=1S/C14H15N5O2/c20-13-4-3-11(17-18-13)14(21)19-7-1-2-10(9-19)12-8-15-5-6-16-12/h3-6,8,10H,1-2,7,9H2,(H,18,20). The van der Waals surface area contributed by atoms with Gasteiger partial charge in [-0.1, -0.05) is 0 Å². The topological polar surface area (TPSA) is 91.8 Å². The fourth-order valence-electron chi connectivity index (χ4n) is 2.55. The molecular formula is C14H15N5O2. The van der Waals surface area contributed by atoms with Gasteiger partial charge in [-0.15, -0.1) is 0 Å². The quantitative estimate of drug-likeness (QED) is 0.871. The Morgan fingerprint density at radius 1 is 1.33 bits per heavy atom. The minimum Gasteiger partial charge on any atom is -0.337 e. The molecule has 3 heterocycles. The first-order valence-corrected chi connectivity index (χ1v) is 6.85. The van der Waals surface area contributed by atoms with Gasteiger partial charge in [-0.3, -0.25) is 19.6 Å². The van der Waals surface area contributed by atoms with Crippen molar-refractivity contribution in [3.63, 3.8) is 0 Å². The summed E-state index contributed by atoms with van der Waals surface area (Å²) >= 11 is 0. The maximum Gasteiger partial charge on any atom is 0.274 e.